The summed E-state index contributed by atoms with van der Waals surface area (Å²) in [5.74, 6) is 1.01. The highest BCUT2D eigenvalue weighted by Crippen LogP contribution is 2.37. The lowest BCUT2D eigenvalue weighted by atomic mass is 10.1. The molecule has 0 spiro atoms. The van der Waals surface area contributed by atoms with Crippen molar-refractivity contribution in [2.24, 2.45) is 0 Å². The summed E-state index contributed by atoms with van der Waals surface area (Å²) in [6.45, 7) is 7.21. The number of aromatic nitrogens is 3. The second kappa shape index (κ2) is 8.91. The molecule has 0 amide bonds. The Kier molecular flexibility index (Phi) is 5.45. The number of aryl methyl sites for hydroxylation is 1. The molecule has 1 aliphatic heterocycles. The smallest absolute Gasteiger partial charge is 0.150 e. The van der Waals surface area contributed by atoms with E-state index in [0.29, 0.717) is 6.04 Å². The molecule has 0 aliphatic carbocycles. The summed E-state index contributed by atoms with van der Waals surface area (Å²) in [5, 5.41) is 1.11. The average molecular weight is 460 g/mol. The van der Waals surface area contributed by atoms with E-state index in [1.807, 2.05) is 6.07 Å². The van der Waals surface area contributed by atoms with Crippen LogP contribution >= 0.6 is 0 Å². The van der Waals surface area contributed by atoms with Crippen LogP contribution in [-0.4, -0.2) is 40.2 Å². The summed E-state index contributed by atoms with van der Waals surface area (Å²) in [4.78, 5) is 14.5. The fourth-order valence-corrected chi connectivity index (χ4v) is 5.18. The van der Waals surface area contributed by atoms with Crippen LogP contribution in [-0.2, 0) is 0 Å². The summed E-state index contributed by atoms with van der Waals surface area (Å²) in [6, 6.07) is 30.2. The Bertz CT molecular complexity index is 1440. The van der Waals surface area contributed by atoms with Gasteiger partial charge in [-0.25, -0.2) is 9.97 Å². The van der Waals surface area contributed by atoms with Gasteiger partial charge in [0.2, 0.25) is 0 Å². The van der Waals surface area contributed by atoms with Crippen molar-refractivity contribution in [3.63, 3.8) is 0 Å². The first-order valence-electron chi connectivity index (χ1n) is 12.2. The Morgan fingerprint density at radius 2 is 1.49 bits per heavy atom. The molecule has 0 radical (unpaired) electrons. The third-order valence-corrected chi connectivity index (χ3v) is 6.97. The highest BCUT2D eigenvalue weighted by atomic mass is 15.3. The van der Waals surface area contributed by atoms with Crippen LogP contribution in [0.5, 0.6) is 0 Å². The molecular formula is C30H29N5. The standard InChI is InChI=1S/C30H29N5/c1-22-13-15-26(16-14-22)34-18-17-33(19-23(34)2)29-28-27(24-9-5-3-6-10-24)20-35(30(28)32-21-31-29)25-11-7-4-8-12-25/h3-16,20-21,23H,17-19H2,1-2H3/t23-/m1/s1. The zero-order chi connectivity index (χ0) is 23.8. The Labute approximate surface area is 206 Å². The molecule has 1 aliphatic rings. The molecule has 174 valence electrons. The van der Waals surface area contributed by atoms with Crippen molar-refractivity contribution in [3.05, 3.63) is 103 Å². The van der Waals surface area contributed by atoms with Crippen molar-refractivity contribution in [2.75, 3.05) is 29.4 Å². The van der Waals surface area contributed by atoms with Gasteiger partial charge in [0.1, 0.15) is 12.1 Å². The van der Waals surface area contributed by atoms with Crippen molar-refractivity contribution < 1.29 is 0 Å². The number of benzene rings is 3. The number of rotatable bonds is 4. The maximum absolute atomic E-state index is 4.85. The third kappa shape index (κ3) is 3.93. The monoisotopic (exact) mass is 459 g/mol. The lowest BCUT2D eigenvalue weighted by Crippen LogP contribution is -2.52. The van der Waals surface area contributed by atoms with Crippen molar-refractivity contribution in [2.45, 2.75) is 19.9 Å². The van der Waals surface area contributed by atoms with Gasteiger partial charge in [0, 0.05) is 48.8 Å². The number of hydrogen-bond donors (Lipinski definition) is 0. The largest absolute Gasteiger partial charge is 0.365 e. The van der Waals surface area contributed by atoms with Crippen molar-refractivity contribution in [3.8, 4) is 16.8 Å². The average Bonchev–Trinajstić information content (AvgIpc) is 3.30. The number of fused-ring (bicyclic) bond motifs is 1. The second-order valence-corrected chi connectivity index (χ2v) is 9.33. The topological polar surface area (TPSA) is 37.2 Å². The number of anilines is 2. The molecule has 3 heterocycles. The van der Waals surface area contributed by atoms with Crippen LogP contribution in [0.15, 0.2) is 97.5 Å². The highest BCUT2D eigenvalue weighted by Gasteiger charge is 2.28. The van der Waals surface area contributed by atoms with Gasteiger partial charge in [-0.05, 0) is 43.7 Å². The van der Waals surface area contributed by atoms with Crippen LogP contribution in [0, 0.1) is 6.92 Å². The minimum Gasteiger partial charge on any atom is -0.365 e. The van der Waals surface area contributed by atoms with Crippen LogP contribution in [0.2, 0.25) is 0 Å². The Balaban J connectivity index is 1.43. The maximum Gasteiger partial charge on any atom is 0.150 e. The minimum atomic E-state index is 0.368. The van der Waals surface area contributed by atoms with E-state index in [-0.39, 0.29) is 0 Å². The third-order valence-electron chi connectivity index (χ3n) is 6.97. The summed E-state index contributed by atoms with van der Waals surface area (Å²) in [5.41, 5.74) is 6.95. The molecular weight excluding hydrogens is 430 g/mol. The summed E-state index contributed by atoms with van der Waals surface area (Å²) in [6.07, 6.45) is 3.92. The summed E-state index contributed by atoms with van der Waals surface area (Å²) >= 11 is 0. The molecule has 0 N–H and O–H groups in total. The lowest BCUT2D eigenvalue weighted by molar-refractivity contribution is 0.548. The van der Waals surface area contributed by atoms with Gasteiger partial charge in [-0.15, -0.1) is 0 Å². The normalized spacial score (nSPS) is 16.1. The van der Waals surface area contributed by atoms with Gasteiger partial charge >= 0.3 is 0 Å². The predicted octanol–water partition coefficient (Wildman–Crippen LogP) is 6.11. The van der Waals surface area contributed by atoms with Crippen LogP contribution in [0.4, 0.5) is 11.5 Å². The molecule has 6 rings (SSSR count). The van der Waals surface area contributed by atoms with Gasteiger partial charge in [-0.3, -0.25) is 0 Å². The molecule has 3 aromatic carbocycles. The fraction of sp³-hybridized carbons (Fsp3) is 0.200. The molecule has 1 atom stereocenters. The molecule has 0 bridgehead atoms. The van der Waals surface area contributed by atoms with Crippen LogP contribution in [0.3, 0.4) is 0 Å². The lowest BCUT2D eigenvalue weighted by Gasteiger charge is -2.42. The van der Waals surface area contributed by atoms with E-state index in [1.165, 1.54) is 16.8 Å². The summed E-state index contributed by atoms with van der Waals surface area (Å²) < 4.78 is 2.19. The number of hydrogen-bond acceptors (Lipinski definition) is 4. The van der Waals surface area contributed by atoms with Crippen molar-refractivity contribution >= 4 is 22.5 Å². The molecule has 0 saturated carbocycles. The van der Waals surface area contributed by atoms with E-state index < -0.39 is 0 Å². The van der Waals surface area contributed by atoms with Crippen molar-refractivity contribution in [1.29, 1.82) is 0 Å². The fourth-order valence-electron chi connectivity index (χ4n) is 5.18. The van der Waals surface area contributed by atoms with Crippen molar-refractivity contribution in [1.82, 2.24) is 14.5 Å². The van der Waals surface area contributed by atoms with Gasteiger partial charge in [0.25, 0.3) is 0 Å². The predicted molar refractivity (Wildman–Crippen MR) is 145 cm³/mol. The molecule has 5 aromatic rings. The number of para-hydroxylation sites is 1. The van der Waals surface area contributed by atoms with Gasteiger partial charge in [-0.2, -0.15) is 0 Å². The van der Waals surface area contributed by atoms with E-state index >= 15 is 0 Å². The summed E-state index contributed by atoms with van der Waals surface area (Å²) in [7, 11) is 0. The van der Waals surface area contributed by atoms with E-state index in [2.05, 4.69) is 113 Å². The Morgan fingerprint density at radius 3 is 2.20 bits per heavy atom. The van der Waals surface area contributed by atoms with Gasteiger partial charge in [0.05, 0.1) is 5.39 Å². The van der Waals surface area contributed by atoms with Crippen LogP contribution < -0.4 is 9.80 Å². The molecule has 2 aromatic heterocycles. The van der Waals surface area contributed by atoms with E-state index in [1.54, 1.807) is 6.33 Å². The van der Waals surface area contributed by atoms with Gasteiger partial charge < -0.3 is 14.4 Å². The van der Waals surface area contributed by atoms with Gasteiger partial charge in [0.15, 0.2) is 5.65 Å². The first-order chi connectivity index (χ1) is 17.2. The molecule has 5 heteroatoms. The zero-order valence-corrected chi connectivity index (χ0v) is 20.2. The highest BCUT2D eigenvalue weighted by molar-refractivity contribution is 6.02. The van der Waals surface area contributed by atoms with Gasteiger partial charge in [-0.1, -0.05) is 66.2 Å². The van der Waals surface area contributed by atoms with E-state index in [0.717, 1.165) is 47.7 Å². The van der Waals surface area contributed by atoms with Crippen LogP contribution in [0.1, 0.15) is 12.5 Å². The Morgan fingerprint density at radius 1 is 0.771 bits per heavy atom. The first-order valence-corrected chi connectivity index (χ1v) is 12.2. The quantitative estimate of drug-likeness (QED) is 0.325. The second-order valence-electron chi connectivity index (χ2n) is 9.33. The molecule has 35 heavy (non-hydrogen) atoms. The zero-order valence-electron chi connectivity index (χ0n) is 20.2. The molecule has 1 saturated heterocycles. The molecule has 0 unspecified atom stereocenters. The molecule has 1 fully saturated rings. The maximum atomic E-state index is 4.85. The Hall–Kier alpha value is -4.12. The molecule has 5 nitrogen and oxygen atoms in total. The number of nitrogens with zero attached hydrogens (tertiary/aromatic N) is 5. The van der Waals surface area contributed by atoms with Crippen LogP contribution in [0.25, 0.3) is 27.8 Å². The van der Waals surface area contributed by atoms with E-state index in [9.17, 15) is 0 Å². The minimum absolute atomic E-state index is 0.368. The first kappa shape index (κ1) is 21.4. The van der Waals surface area contributed by atoms with E-state index in [4.69, 9.17) is 9.97 Å². The number of piperazine rings is 1. The SMILES string of the molecule is Cc1ccc(N2CCN(c3ncnc4c3c(-c3ccccc3)cn4-c3ccccc3)C[C@H]2C)cc1.